The maximum absolute atomic E-state index is 13.5. The molecule has 0 atom stereocenters. The second kappa shape index (κ2) is 11.0. The van der Waals surface area contributed by atoms with E-state index in [0.717, 1.165) is 6.26 Å². The highest BCUT2D eigenvalue weighted by Crippen LogP contribution is 2.29. The molecular formula is C27H26F3N5O4S. The van der Waals surface area contributed by atoms with Crippen molar-refractivity contribution in [1.82, 2.24) is 14.4 Å². The van der Waals surface area contributed by atoms with Crippen molar-refractivity contribution in [3.63, 3.8) is 0 Å². The first-order valence-corrected chi connectivity index (χ1v) is 13.8. The number of benzene rings is 1. The normalized spacial score (nSPS) is 11.7. The monoisotopic (exact) mass is 573 g/mol. The van der Waals surface area contributed by atoms with Crippen LogP contribution in [0, 0.1) is 11.8 Å². The Bertz CT molecular complexity index is 1800. The number of fused-ring (bicyclic) bond motifs is 1. The molecule has 210 valence electrons. The zero-order valence-electron chi connectivity index (χ0n) is 22.0. The molecule has 0 aliphatic rings. The Morgan fingerprint density at radius 3 is 2.58 bits per heavy atom. The molecule has 4 rings (SSSR count). The number of nitrogens with zero attached hydrogens (tertiary/aromatic N) is 3. The van der Waals surface area contributed by atoms with Gasteiger partial charge in [-0.25, -0.2) is 13.4 Å². The molecule has 0 amide bonds. The Morgan fingerprint density at radius 2 is 1.93 bits per heavy atom. The van der Waals surface area contributed by atoms with Gasteiger partial charge in [-0.3, -0.25) is 4.79 Å². The van der Waals surface area contributed by atoms with Crippen molar-refractivity contribution >= 4 is 27.0 Å². The number of hydrogen-bond acceptors (Lipinski definition) is 7. The molecule has 9 nitrogen and oxygen atoms in total. The van der Waals surface area contributed by atoms with Gasteiger partial charge in [0.2, 0.25) is 0 Å². The van der Waals surface area contributed by atoms with Crippen molar-refractivity contribution in [2.24, 2.45) is 0 Å². The number of ether oxygens (including phenoxy) is 1. The number of imidazole rings is 1. The summed E-state index contributed by atoms with van der Waals surface area (Å²) in [7, 11) is 1.46. The minimum Gasteiger partial charge on any atom is -0.495 e. The maximum atomic E-state index is 13.5. The number of pyridine rings is 2. The van der Waals surface area contributed by atoms with Gasteiger partial charge in [0.25, 0.3) is 0 Å². The average molecular weight is 574 g/mol. The average Bonchev–Trinajstić information content (AvgIpc) is 3.21. The van der Waals surface area contributed by atoms with E-state index < -0.39 is 22.4 Å². The molecule has 0 aliphatic heterocycles. The number of halogens is 3. The van der Waals surface area contributed by atoms with Crippen molar-refractivity contribution in [2.45, 2.75) is 17.5 Å². The van der Waals surface area contributed by atoms with E-state index in [4.69, 9.17) is 4.74 Å². The molecule has 0 aliphatic carbocycles. The number of methoxy groups -OCH3 is 1. The molecule has 2 N–H and O–H groups in total. The summed E-state index contributed by atoms with van der Waals surface area (Å²) in [6.07, 6.45) is -3.23. The zero-order chi connectivity index (χ0) is 29.2. The lowest BCUT2D eigenvalue weighted by Crippen LogP contribution is -2.15. The van der Waals surface area contributed by atoms with Crippen molar-refractivity contribution < 1.29 is 26.3 Å². The number of rotatable bonds is 7. The number of hydrogen-bond donors (Lipinski definition) is 2. The van der Waals surface area contributed by atoms with E-state index in [1.807, 2.05) is 0 Å². The summed E-state index contributed by atoms with van der Waals surface area (Å²) in [6.45, 7) is 0.0129. The third-order valence-electron chi connectivity index (χ3n) is 5.89. The second-order valence-corrected chi connectivity index (χ2v) is 11.1. The minimum atomic E-state index is -4.52. The van der Waals surface area contributed by atoms with E-state index in [1.54, 1.807) is 31.1 Å². The lowest BCUT2D eigenvalue weighted by molar-refractivity contribution is -0.128. The number of anilines is 2. The largest absolute Gasteiger partial charge is 0.495 e. The molecule has 13 heteroatoms. The second-order valence-electron chi connectivity index (χ2n) is 9.11. The molecule has 1 aromatic carbocycles. The summed E-state index contributed by atoms with van der Waals surface area (Å²) >= 11 is 0. The third-order valence-corrected chi connectivity index (χ3v) is 7.00. The lowest BCUT2D eigenvalue weighted by atomic mass is 10.1. The number of sulfone groups is 1. The van der Waals surface area contributed by atoms with Gasteiger partial charge in [-0.2, -0.15) is 13.2 Å². The Hall–Kier alpha value is -4.44. The molecule has 0 unspecified atom stereocenters. The lowest BCUT2D eigenvalue weighted by Gasteiger charge is -2.14. The number of aromatic amines is 1. The smallest absolute Gasteiger partial charge is 0.394 e. The first-order chi connectivity index (χ1) is 18.8. The van der Waals surface area contributed by atoms with E-state index in [9.17, 15) is 26.4 Å². The van der Waals surface area contributed by atoms with Gasteiger partial charge in [0, 0.05) is 50.3 Å². The van der Waals surface area contributed by atoms with E-state index in [0.29, 0.717) is 22.8 Å². The maximum Gasteiger partial charge on any atom is 0.394 e. The molecule has 0 bridgehead atoms. The molecule has 0 fully saturated rings. The molecule has 3 heterocycles. The molecule has 4 aromatic rings. The molecule has 0 saturated heterocycles. The van der Waals surface area contributed by atoms with E-state index >= 15 is 0 Å². The number of H-pyrrole nitrogens is 1. The van der Waals surface area contributed by atoms with Crippen LogP contribution in [0.5, 0.6) is 5.75 Å². The summed E-state index contributed by atoms with van der Waals surface area (Å²) < 4.78 is 70.8. The molecule has 3 aromatic heterocycles. The van der Waals surface area contributed by atoms with Crippen LogP contribution in [0.25, 0.3) is 16.9 Å². The Balaban J connectivity index is 1.73. The number of aromatic nitrogens is 3. The van der Waals surface area contributed by atoms with Crippen LogP contribution >= 0.6 is 0 Å². The van der Waals surface area contributed by atoms with Crippen LogP contribution in [0.4, 0.5) is 24.7 Å². The van der Waals surface area contributed by atoms with Gasteiger partial charge < -0.3 is 24.3 Å². The van der Waals surface area contributed by atoms with Gasteiger partial charge in [0.15, 0.2) is 15.3 Å². The molecule has 0 radical (unpaired) electrons. The highest BCUT2D eigenvalue weighted by atomic mass is 32.2. The summed E-state index contributed by atoms with van der Waals surface area (Å²) in [5.74, 6) is 6.31. The topological polar surface area (TPSA) is 109 Å². The highest BCUT2D eigenvalue weighted by molar-refractivity contribution is 7.90. The minimum absolute atomic E-state index is 0.0129. The third kappa shape index (κ3) is 6.40. The first-order valence-electron chi connectivity index (χ1n) is 11.9. The number of alkyl halides is 3. The first kappa shape index (κ1) is 28.6. The van der Waals surface area contributed by atoms with E-state index in [1.165, 1.54) is 48.0 Å². The van der Waals surface area contributed by atoms with Gasteiger partial charge in [-0.05, 0) is 30.2 Å². The van der Waals surface area contributed by atoms with Crippen LogP contribution < -0.4 is 20.4 Å². The van der Waals surface area contributed by atoms with Gasteiger partial charge in [-0.1, -0.05) is 5.92 Å². The van der Waals surface area contributed by atoms with Crippen molar-refractivity contribution in [3.05, 3.63) is 70.3 Å². The van der Waals surface area contributed by atoms with Crippen LogP contribution in [-0.4, -0.2) is 63.0 Å². The van der Waals surface area contributed by atoms with E-state index in [-0.39, 0.29) is 39.7 Å². The predicted octanol–water partition coefficient (Wildman–Crippen LogP) is 3.74. The van der Waals surface area contributed by atoms with Gasteiger partial charge in [0.1, 0.15) is 22.9 Å². The van der Waals surface area contributed by atoms with Crippen molar-refractivity contribution in [2.75, 3.05) is 44.2 Å². The molecular weight excluding hydrogens is 547 g/mol. The van der Waals surface area contributed by atoms with Crippen LogP contribution in [0.3, 0.4) is 0 Å². The van der Waals surface area contributed by atoms with E-state index in [2.05, 4.69) is 27.1 Å². The van der Waals surface area contributed by atoms with Crippen LogP contribution in [0.1, 0.15) is 11.4 Å². The fourth-order valence-corrected chi connectivity index (χ4v) is 4.65. The Labute approximate surface area is 228 Å². The molecule has 40 heavy (non-hydrogen) atoms. The van der Waals surface area contributed by atoms with Gasteiger partial charge in [-0.15, -0.1) is 0 Å². The predicted molar refractivity (Wildman–Crippen MR) is 147 cm³/mol. The molecule has 0 saturated carbocycles. The standard InChI is InChI=1S/C27H26F3N5O4S/c1-34(2)25-14-17(36)13-22(32-25)19-7-6-12-35-23(16-27(28,29)30)20(33-26(19)35)8-5-11-31-21-10-9-18(40(4,37)38)15-24(21)39-3/h6-7,9-10,12-15,31H,11,16H2,1-4H3,(H,32,36). The van der Waals surface area contributed by atoms with Gasteiger partial charge in [0.05, 0.1) is 42.0 Å². The summed E-state index contributed by atoms with van der Waals surface area (Å²) in [4.78, 5) is 21.6. The quantitative estimate of drug-likeness (QED) is 0.325. The summed E-state index contributed by atoms with van der Waals surface area (Å²) in [5.41, 5.74) is 1.04. The fourth-order valence-electron chi connectivity index (χ4n) is 4.02. The van der Waals surface area contributed by atoms with Crippen molar-refractivity contribution in [1.29, 1.82) is 0 Å². The summed E-state index contributed by atoms with van der Waals surface area (Å²) in [5, 5.41) is 2.98. The van der Waals surface area contributed by atoms with Crippen LogP contribution in [0.2, 0.25) is 0 Å². The van der Waals surface area contributed by atoms with Gasteiger partial charge >= 0.3 is 6.18 Å². The van der Waals surface area contributed by atoms with Crippen LogP contribution in [0.15, 0.2) is 58.4 Å². The highest BCUT2D eigenvalue weighted by Gasteiger charge is 2.31. The zero-order valence-corrected chi connectivity index (χ0v) is 22.9. The Kier molecular flexibility index (Phi) is 7.84. The van der Waals surface area contributed by atoms with Crippen molar-refractivity contribution in [3.8, 4) is 28.8 Å². The fraction of sp³-hybridized carbons (Fsp3) is 0.259. The van der Waals surface area contributed by atoms with Crippen LogP contribution in [-0.2, 0) is 16.3 Å². The summed E-state index contributed by atoms with van der Waals surface area (Å²) in [6, 6.07) is 10.3. The number of nitrogens with one attached hydrogen (secondary N) is 2. The SMILES string of the molecule is COc1cc(S(C)(=O)=O)ccc1NCC#Cc1nc2c(-c3cc(=O)cc(N(C)C)[nH]3)cccn2c1CC(F)(F)F. The molecule has 0 spiro atoms. The Morgan fingerprint density at radius 1 is 1.18 bits per heavy atom.